The molecule has 1 aromatic rings. The Morgan fingerprint density at radius 2 is 2.06 bits per heavy atom. The predicted molar refractivity (Wildman–Crippen MR) is 61.6 cm³/mol. The zero-order chi connectivity index (χ0) is 11.9. The van der Waals surface area contributed by atoms with Gasteiger partial charge in [0, 0.05) is 19.8 Å². The van der Waals surface area contributed by atoms with E-state index in [0.29, 0.717) is 26.2 Å². The van der Waals surface area contributed by atoms with Crippen LogP contribution in [0.1, 0.15) is 13.3 Å². The van der Waals surface area contributed by atoms with Gasteiger partial charge in [-0.25, -0.2) is 13.1 Å². The van der Waals surface area contributed by atoms with Gasteiger partial charge < -0.3 is 4.74 Å². The molecule has 1 N–H and O–H groups in total. The Labute approximate surface area is 96.7 Å². The van der Waals surface area contributed by atoms with E-state index < -0.39 is 10.0 Å². The normalized spacial score (nSPS) is 11.6. The fraction of sp³-hybridized carbons (Fsp3) is 0.455. The van der Waals surface area contributed by atoms with Crippen LogP contribution in [-0.2, 0) is 14.8 Å². The summed E-state index contributed by atoms with van der Waals surface area (Å²) in [7, 11) is -3.37. The Morgan fingerprint density at radius 1 is 1.38 bits per heavy atom. The molecule has 0 bridgehead atoms. The smallest absolute Gasteiger partial charge is 0.240 e. The molecule has 0 fully saturated rings. The topological polar surface area (TPSA) is 55.4 Å². The quantitative estimate of drug-likeness (QED) is 0.731. The van der Waals surface area contributed by atoms with Gasteiger partial charge in [-0.1, -0.05) is 12.1 Å². The maximum atomic E-state index is 11.7. The monoisotopic (exact) mass is 242 g/mol. The second-order valence-corrected chi connectivity index (χ2v) is 4.95. The predicted octanol–water partition coefficient (Wildman–Crippen LogP) is 1.19. The molecule has 4 nitrogen and oxygen atoms in total. The summed E-state index contributed by atoms with van der Waals surface area (Å²) >= 11 is 0. The van der Waals surface area contributed by atoms with E-state index in [-0.39, 0.29) is 4.90 Å². The molecule has 1 radical (unpaired) electrons. The maximum absolute atomic E-state index is 11.7. The second kappa shape index (κ2) is 6.62. The molecule has 0 aliphatic heterocycles. The van der Waals surface area contributed by atoms with Crippen molar-refractivity contribution in [2.24, 2.45) is 0 Å². The van der Waals surface area contributed by atoms with Gasteiger partial charge in [0.1, 0.15) is 0 Å². The SMILES string of the molecule is CCOCCCNS(=O)(=O)c1cc[c]cc1. The van der Waals surface area contributed by atoms with Gasteiger partial charge >= 0.3 is 0 Å². The number of ether oxygens (including phenoxy) is 1. The van der Waals surface area contributed by atoms with E-state index >= 15 is 0 Å². The third-order valence-corrected chi connectivity index (χ3v) is 3.44. The summed E-state index contributed by atoms with van der Waals surface area (Å²) in [5.41, 5.74) is 0. The van der Waals surface area contributed by atoms with Crippen LogP contribution in [0.25, 0.3) is 0 Å². The Bertz CT molecular complexity index is 389. The van der Waals surface area contributed by atoms with Crippen molar-refractivity contribution in [3.05, 3.63) is 30.3 Å². The van der Waals surface area contributed by atoms with Crippen LogP contribution in [0.5, 0.6) is 0 Å². The Hall–Kier alpha value is -0.910. The zero-order valence-corrected chi connectivity index (χ0v) is 10.1. The van der Waals surface area contributed by atoms with Crippen molar-refractivity contribution in [3.8, 4) is 0 Å². The molecule has 0 spiro atoms. The van der Waals surface area contributed by atoms with E-state index in [1.54, 1.807) is 12.1 Å². The highest BCUT2D eigenvalue weighted by Gasteiger charge is 2.11. The van der Waals surface area contributed by atoms with E-state index in [9.17, 15) is 8.42 Å². The summed E-state index contributed by atoms with van der Waals surface area (Å²) in [4.78, 5) is 0.266. The minimum atomic E-state index is -3.37. The van der Waals surface area contributed by atoms with Crippen LogP contribution in [-0.4, -0.2) is 28.2 Å². The van der Waals surface area contributed by atoms with Crippen LogP contribution < -0.4 is 4.72 Å². The van der Waals surface area contributed by atoms with Crippen LogP contribution in [0.4, 0.5) is 0 Å². The van der Waals surface area contributed by atoms with E-state index in [1.807, 2.05) is 6.92 Å². The van der Waals surface area contributed by atoms with Gasteiger partial charge in [-0.05, 0) is 31.5 Å². The lowest BCUT2D eigenvalue weighted by Crippen LogP contribution is -2.25. The molecule has 0 aliphatic rings. The van der Waals surface area contributed by atoms with Crippen LogP contribution in [0.3, 0.4) is 0 Å². The molecule has 16 heavy (non-hydrogen) atoms. The summed E-state index contributed by atoms with van der Waals surface area (Å²) < 4.78 is 31.0. The third-order valence-electron chi connectivity index (χ3n) is 1.96. The first-order valence-corrected chi connectivity index (χ1v) is 6.68. The lowest BCUT2D eigenvalue weighted by molar-refractivity contribution is 0.146. The molecular formula is C11H16NO3S. The summed E-state index contributed by atoms with van der Waals surface area (Å²) in [5, 5.41) is 0. The molecule has 89 valence electrons. The number of nitrogens with one attached hydrogen (secondary N) is 1. The van der Waals surface area contributed by atoms with Gasteiger partial charge in [-0.3, -0.25) is 0 Å². The van der Waals surface area contributed by atoms with Crippen molar-refractivity contribution >= 4 is 10.0 Å². The van der Waals surface area contributed by atoms with Gasteiger partial charge in [0.15, 0.2) is 0 Å². The van der Waals surface area contributed by atoms with Gasteiger partial charge in [0.25, 0.3) is 0 Å². The molecule has 1 aromatic carbocycles. The molecule has 0 aliphatic carbocycles. The summed E-state index contributed by atoms with van der Waals surface area (Å²) in [6, 6.07) is 8.97. The molecule has 0 aromatic heterocycles. The highest BCUT2D eigenvalue weighted by molar-refractivity contribution is 7.89. The molecule has 0 heterocycles. The Balaban J connectivity index is 2.41. The average Bonchev–Trinajstić information content (AvgIpc) is 2.30. The lowest BCUT2D eigenvalue weighted by atomic mass is 10.4. The molecule has 0 atom stereocenters. The van der Waals surface area contributed by atoms with Gasteiger partial charge in [0.2, 0.25) is 10.0 Å². The van der Waals surface area contributed by atoms with Crippen LogP contribution in [0, 0.1) is 6.07 Å². The van der Waals surface area contributed by atoms with Crippen molar-refractivity contribution < 1.29 is 13.2 Å². The minimum Gasteiger partial charge on any atom is -0.382 e. The lowest BCUT2D eigenvalue weighted by Gasteiger charge is -2.06. The second-order valence-electron chi connectivity index (χ2n) is 3.18. The number of hydrogen-bond donors (Lipinski definition) is 1. The number of hydrogen-bond acceptors (Lipinski definition) is 3. The number of rotatable bonds is 7. The van der Waals surface area contributed by atoms with E-state index in [2.05, 4.69) is 10.8 Å². The number of sulfonamides is 1. The number of benzene rings is 1. The fourth-order valence-corrected chi connectivity index (χ4v) is 2.23. The first kappa shape index (κ1) is 13.2. The molecule has 0 unspecified atom stereocenters. The van der Waals surface area contributed by atoms with Crippen LogP contribution in [0.15, 0.2) is 29.2 Å². The van der Waals surface area contributed by atoms with Crippen LogP contribution in [0.2, 0.25) is 0 Å². The summed E-state index contributed by atoms with van der Waals surface area (Å²) in [6.07, 6.45) is 0.673. The molecule has 1 rings (SSSR count). The molecule has 5 heteroatoms. The van der Waals surface area contributed by atoms with Gasteiger partial charge in [-0.2, -0.15) is 0 Å². The Kier molecular flexibility index (Phi) is 5.45. The van der Waals surface area contributed by atoms with Crippen LogP contribution >= 0.6 is 0 Å². The third kappa shape index (κ3) is 4.30. The molecule has 0 saturated carbocycles. The van der Waals surface area contributed by atoms with Crippen molar-refractivity contribution in [2.75, 3.05) is 19.8 Å². The summed E-state index contributed by atoms with van der Waals surface area (Å²) in [6.45, 7) is 3.52. The molecule has 0 amide bonds. The van der Waals surface area contributed by atoms with E-state index in [1.165, 1.54) is 12.1 Å². The standard InChI is InChI=1S/C11H16NO3S/c1-2-15-10-6-9-12-16(13,14)11-7-4-3-5-8-11/h4-5,7-8,12H,2,6,9-10H2,1H3. The first-order chi connectivity index (χ1) is 7.67. The molecular weight excluding hydrogens is 226 g/mol. The van der Waals surface area contributed by atoms with Crippen molar-refractivity contribution in [2.45, 2.75) is 18.2 Å². The van der Waals surface area contributed by atoms with Crippen molar-refractivity contribution in [3.63, 3.8) is 0 Å². The van der Waals surface area contributed by atoms with E-state index in [0.717, 1.165) is 0 Å². The first-order valence-electron chi connectivity index (χ1n) is 5.20. The largest absolute Gasteiger partial charge is 0.382 e. The highest BCUT2D eigenvalue weighted by Crippen LogP contribution is 2.06. The molecule has 0 saturated heterocycles. The van der Waals surface area contributed by atoms with Crippen molar-refractivity contribution in [1.82, 2.24) is 4.72 Å². The highest BCUT2D eigenvalue weighted by atomic mass is 32.2. The van der Waals surface area contributed by atoms with Gasteiger partial charge in [0.05, 0.1) is 4.90 Å². The fourth-order valence-electron chi connectivity index (χ4n) is 1.16. The average molecular weight is 242 g/mol. The Morgan fingerprint density at radius 3 is 2.69 bits per heavy atom. The van der Waals surface area contributed by atoms with Crippen molar-refractivity contribution in [1.29, 1.82) is 0 Å². The zero-order valence-electron chi connectivity index (χ0n) is 9.27. The maximum Gasteiger partial charge on any atom is 0.240 e. The summed E-state index contributed by atoms with van der Waals surface area (Å²) in [5.74, 6) is 0. The minimum absolute atomic E-state index is 0.266. The van der Waals surface area contributed by atoms with Gasteiger partial charge in [-0.15, -0.1) is 0 Å². The van der Waals surface area contributed by atoms with E-state index in [4.69, 9.17) is 4.74 Å².